The number of pyridine rings is 1. The molecule has 2 aromatic heterocycles. The molecule has 6 heteroatoms. The van der Waals surface area contributed by atoms with Gasteiger partial charge in [0.15, 0.2) is 11.5 Å². The Balaban J connectivity index is 1.86. The van der Waals surface area contributed by atoms with Gasteiger partial charge in [0.1, 0.15) is 5.82 Å². The molecule has 3 rings (SSSR count). The molecule has 28 heavy (non-hydrogen) atoms. The number of phenols is 1. The third-order valence-electron chi connectivity index (χ3n) is 4.24. The number of aromatic hydroxyl groups is 1. The normalized spacial score (nSPS) is 12.0. The molecule has 0 saturated carbocycles. The summed E-state index contributed by atoms with van der Waals surface area (Å²) in [6.45, 7) is 5.99. The van der Waals surface area contributed by atoms with Crippen LogP contribution in [0.15, 0.2) is 55.1 Å². The molecule has 0 aliphatic carbocycles. The van der Waals surface area contributed by atoms with Crippen LogP contribution in [0.25, 0.3) is 11.3 Å². The monoisotopic (exact) mass is 378 g/mol. The molecule has 2 N–H and O–H groups in total. The number of phenolic OH excluding ortho intramolecular Hbond substituents is 1. The van der Waals surface area contributed by atoms with Crippen molar-refractivity contribution in [3.8, 4) is 22.8 Å². The molecule has 0 bridgehead atoms. The minimum absolute atomic E-state index is 0.0329. The summed E-state index contributed by atoms with van der Waals surface area (Å²) in [7, 11) is 0. The third kappa shape index (κ3) is 4.97. The lowest BCUT2D eigenvalue weighted by Gasteiger charge is -2.19. The predicted octanol–water partition coefficient (Wildman–Crippen LogP) is 4.98. The van der Waals surface area contributed by atoms with Gasteiger partial charge in [0.2, 0.25) is 0 Å². The molecule has 0 aliphatic rings. The Bertz CT molecular complexity index is 900. The van der Waals surface area contributed by atoms with Crippen molar-refractivity contribution >= 4 is 5.82 Å². The SMILES string of the molecule is CCC[C@@H](Nc1cncc(-c2ccc(O)c(OC(C)C)c2)n1)c1cccnc1. The molecule has 1 atom stereocenters. The van der Waals surface area contributed by atoms with Gasteiger partial charge in [0.05, 0.1) is 30.2 Å². The van der Waals surface area contributed by atoms with Gasteiger partial charge in [-0.2, -0.15) is 0 Å². The highest BCUT2D eigenvalue weighted by Gasteiger charge is 2.13. The van der Waals surface area contributed by atoms with Crippen molar-refractivity contribution in [1.82, 2.24) is 15.0 Å². The highest BCUT2D eigenvalue weighted by molar-refractivity contribution is 5.64. The van der Waals surface area contributed by atoms with Crippen LogP contribution in [0.3, 0.4) is 0 Å². The summed E-state index contributed by atoms with van der Waals surface area (Å²) >= 11 is 0. The minimum Gasteiger partial charge on any atom is -0.504 e. The minimum atomic E-state index is -0.0329. The molecule has 1 aromatic carbocycles. The average Bonchev–Trinajstić information content (AvgIpc) is 2.70. The molecule has 2 heterocycles. The van der Waals surface area contributed by atoms with Crippen LogP contribution in [0.1, 0.15) is 45.2 Å². The third-order valence-corrected chi connectivity index (χ3v) is 4.24. The van der Waals surface area contributed by atoms with Crippen LogP contribution in [0.2, 0.25) is 0 Å². The molecule has 0 radical (unpaired) electrons. The molecule has 0 amide bonds. The molecule has 6 nitrogen and oxygen atoms in total. The first-order chi connectivity index (χ1) is 13.6. The lowest BCUT2D eigenvalue weighted by atomic mass is 10.0. The van der Waals surface area contributed by atoms with Crippen LogP contribution in [0.4, 0.5) is 5.82 Å². The van der Waals surface area contributed by atoms with Crippen LogP contribution in [0, 0.1) is 0 Å². The van der Waals surface area contributed by atoms with Crippen LogP contribution in [-0.4, -0.2) is 26.2 Å². The van der Waals surface area contributed by atoms with Crippen molar-refractivity contribution in [3.05, 3.63) is 60.7 Å². The zero-order valence-corrected chi connectivity index (χ0v) is 16.5. The topological polar surface area (TPSA) is 80.2 Å². The number of nitrogens with zero attached hydrogens (tertiary/aromatic N) is 3. The van der Waals surface area contributed by atoms with E-state index in [1.165, 1.54) is 0 Å². The molecule has 0 fully saturated rings. The van der Waals surface area contributed by atoms with E-state index in [2.05, 4.69) is 28.3 Å². The second-order valence-electron chi connectivity index (χ2n) is 6.91. The summed E-state index contributed by atoms with van der Waals surface area (Å²) < 4.78 is 5.67. The van der Waals surface area contributed by atoms with Crippen LogP contribution < -0.4 is 10.1 Å². The largest absolute Gasteiger partial charge is 0.504 e. The number of rotatable bonds is 8. The van der Waals surface area contributed by atoms with Crippen LogP contribution in [0.5, 0.6) is 11.5 Å². The lowest BCUT2D eigenvalue weighted by molar-refractivity contribution is 0.232. The van der Waals surface area contributed by atoms with E-state index >= 15 is 0 Å². The number of benzene rings is 1. The van der Waals surface area contributed by atoms with E-state index in [9.17, 15) is 5.11 Å². The zero-order chi connectivity index (χ0) is 19.9. The summed E-state index contributed by atoms with van der Waals surface area (Å²) in [4.78, 5) is 13.3. The maximum absolute atomic E-state index is 10.0. The fourth-order valence-corrected chi connectivity index (χ4v) is 2.97. The van der Waals surface area contributed by atoms with E-state index in [1.54, 1.807) is 36.8 Å². The van der Waals surface area contributed by atoms with Crippen LogP contribution >= 0.6 is 0 Å². The molecule has 0 aliphatic heterocycles. The quantitative estimate of drug-likeness (QED) is 0.575. The van der Waals surface area contributed by atoms with Gasteiger partial charge < -0.3 is 15.2 Å². The first-order valence-corrected chi connectivity index (χ1v) is 9.55. The maximum atomic E-state index is 10.0. The second kappa shape index (κ2) is 9.17. The average molecular weight is 378 g/mol. The Hall–Kier alpha value is -3.15. The summed E-state index contributed by atoms with van der Waals surface area (Å²) in [6, 6.07) is 9.32. The number of anilines is 1. The van der Waals surface area contributed by atoms with Crippen molar-refractivity contribution in [2.24, 2.45) is 0 Å². The molecule has 0 spiro atoms. The van der Waals surface area contributed by atoms with E-state index in [0.717, 1.165) is 24.0 Å². The predicted molar refractivity (Wildman–Crippen MR) is 110 cm³/mol. The van der Waals surface area contributed by atoms with Gasteiger partial charge in [-0.15, -0.1) is 0 Å². The zero-order valence-electron chi connectivity index (χ0n) is 16.5. The van der Waals surface area contributed by atoms with E-state index in [4.69, 9.17) is 9.72 Å². The van der Waals surface area contributed by atoms with E-state index in [-0.39, 0.29) is 17.9 Å². The van der Waals surface area contributed by atoms with Gasteiger partial charge in [-0.3, -0.25) is 9.97 Å². The highest BCUT2D eigenvalue weighted by atomic mass is 16.5. The smallest absolute Gasteiger partial charge is 0.161 e. The first kappa shape index (κ1) is 19.6. The summed E-state index contributed by atoms with van der Waals surface area (Å²) in [5, 5.41) is 13.5. The second-order valence-corrected chi connectivity index (χ2v) is 6.91. The van der Waals surface area contributed by atoms with Gasteiger partial charge in [-0.05, 0) is 50.1 Å². The van der Waals surface area contributed by atoms with E-state index in [0.29, 0.717) is 17.3 Å². The van der Waals surface area contributed by atoms with Crippen molar-refractivity contribution in [3.63, 3.8) is 0 Å². The van der Waals surface area contributed by atoms with Crippen molar-refractivity contribution in [1.29, 1.82) is 0 Å². The Labute approximate surface area is 165 Å². The number of hydrogen-bond acceptors (Lipinski definition) is 6. The van der Waals surface area contributed by atoms with Crippen molar-refractivity contribution in [2.45, 2.75) is 45.8 Å². The van der Waals surface area contributed by atoms with Crippen molar-refractivity contribution in [2.75, 3.05) is 5.32 Å². The van der Waals surface area contributed by atoms with Gasteiger partial charge in [-0.1, -0.05) is 19.4 Å². The highest BCUT2D eigenvalue weighted by Crippen LogP contribution is 2.32. The van der Waals surface area contributed by atoms with Crippen LogP contribution in [-0.2, 0) is 0 Å². The van der Waals surface area contributed by atoms with E-state index < -0.39 is 0 Å². The first-order valence-electron chi connectivity index (χ1n) is 9.55. The number of hydrogen-bond donors (Lipinski definition) is 2. The number of aromatic nitrogens is 3. The lowest BCUT2D eigenvalue weighted by Crippen LogP contribution is -2.12. The van der Waals surface area contributed by atoms with Gasteiger partial charge >= 0.3 is 0 Å². The fraction of sp³-hybridized carbons (Fsp3) is 0.318. The Morgan fingerprint density at radius 3 is 2.68 bits per heavy atom. The Kier molecular flexibility index (Phi) is 6.42. The molecular formula is C22H26N4O2. The number of ether oxygens (including phenoxy) is 1. The van der Waals surface area contributed by atoms with Gasteiger partial charge in [0.25, 0.3) is 0 Å². The van der Waals surface area contributed by atoms with Gasteiger partial charge in [0, 0.05) is 18.0 Å². The fourth-order valence-electron chi connectivity index (χ4n) is 2.97. The summed E-state index contributed by atoms with van der Waals surface area (Å²) in [5.41, 5.74) is 2.66. The molecule has 146 valence electrons. The molecular weight excluding hydrogens is 352 g/mol. The van der Waals surface area contributed by atoms with E-state index in [1.807, 2.05) is 26.1 Å². The molecule has 3 aromatic rings. The van der Waals surface area contributed by atoms with Gasteiger partial charge in [-0.25, -0.2) is 4.98 Å². The number of nitrogens with one attached hydrogen (secondary N) is 1. The standard InChI is InChI=1S/C22H26N4O2/c1-4-6-18(17-7-5-10-23-12-17)25-22-14-24-13-19(26-22)16-8-9-20(27)21(11-16)28-15(2)3/h5,7-15,18,27H,4,6H2,1-3H3,(H,25,26)/t18-/m1/s1. The van der Waals surface area contributed by atoms with Crippen molar-refractivity contribution < 1.29 is 9.84 Å². The molecule has 0 saturated heterocycles. The summed E-state index contributed by atoms with van der Waals surface area (Å²) in [6.07, 6.45) is 9.03. The Morgan fingerprint density at radius 1 is 1.11 bits per heavy atom. The maximum Gasteiger partial charge on any atom is 0.161 e. The Morgan fingerprint density at radius 2 is 1.96 bits per heavy atom. The summed E-state index contributed by atoms with van der Waals surface area (Å²) in [5.74, 6) is 1.24. The molecule has 0 unspecified atom stereocenters.